The number of nitrogens with zero attached hydrogens (tertiary/aromatic N) is 1. The largest absolute Gasteiger partial charge is 0.300 e. The van der Waals surface area contributed by atoms with Crippen molar-refractivity contribution in [2.45, 2.75) is 53.0 Å². The van der Waals surface area contributed by atoms with E-state index in [0.29, 0.717) is 0 Å². The van der Waals surface area contributed by atoms with Crippen LogP contribution in [0.2, 0.25) is 0 Å². The Morgan fingerprint density at radius 3 is 2.00 bits per heavy atom. The highest BCUT2D eigenvalue weighted by Crippen LogP contribution is 2.46. The first-order valence-corrected chi connectivity index (χ1v) is 6.87. The number of fused-ring (bicyclic) bond motifs is 2. The zero-order valence-corrected chi connectivity index (χ0v) is 10.9. The van der Waals surface area contributed by atoms with Crippen LogP contribution in [0.15, 0.2) is 0 Å². The van der Waals surface area contributed by atoms with Crippen LogP contribution in [0.4, 0.5) is 0 Å². The second kappa shape index (κ2) is 4.45. The summed E-state index contributed by atoms with van der Waals surface area (Å²) >= 11 is 0. The first-order chi connectivity index (χ1) is 7.13. The summed E-state index contributed by atoms with van der Waals surface area (Å²) < 4.78 is 0. The minimum Gasteiger partial charge on any atom is -0.300 e. The van der Waals surface area contributed by atoms with Gasteiger partial charge in [-0.05, 0) is 50.4 Å². The normalized spacial score (nSPS) is 38.6. The van der Waals surface area contributed by atoms with Crippen LogP contribution in [-0.4, -0.2) is 24.0 Å². The third-order valence-electron chi connectivity index (χ3n) is 4.97. The van der Waals surface area contributed by atoms with Crippen molar-refractivity contribution in [2.24, 2.45) is 23.7 Å². The zero-order valence-electron chi connectivity index (χ0n) is 10.9. The van der Waals surface area contributed by atoms with Gasteiger partial charge in [-0.15, -0.1) is 0 Å². The van der Waals surface area contributed by atoms with E-state index in [1.165, 1.54) is 32.4 Å². The summed E-state index contributed by atoms with van der Waals surface area (Å²) in [5.41, 5.74) is 0. The highest BCUT2D eigenvalue weighted by Gasteiger charge is 2.43. The van der Waals surface area contributed by atoms with E-state index in [0.717, 1.165) is 29.7 Å². The Kier molecular flexibility index (Phi) is 3.39. The lowest BCUT2D eigenvalue weighted by Crippen LogP contribution is -2.46. The van der Waals surface area contributed by atoms with E-state index in [1.54, 1.807) is 0 Å². The van der Waals surface area contributed by atoms with Crippen molar-refractivity contribution < 1.29 is 0 Å². The molecule has 2 rings (SSSR count). The van der Waals surface area contributed by atoms with Gasteiger partial charge in [-0.3, -0.25) is 0 Å². The van der Waals surface area contributed by atoms with Gasteiger partial charge in [0.15, 0.2) is 0 Å². The predicted molar refractivity (Wildman–Crippen MR) is 65.9 cm³/mol. The van der Waals surface area contributed by atoms with Crippen LogP contribution in [-0.2, 0) is 0 Å². The predicted octanol–water partition coefficient (Wildman–Crippen LogP) is 3.40. The van der Waals surface area contributed by atoms with Gasteiger partial charge in [-0.1, -0.05) is 20.3 Å². The average molecular weight is 209 g/mol. The Balaban J connectivity index is 2.03. The van der Waals surface area contributed by atoms with E-state index in [4.69, 9.17) is 0 Å². The van der Waals surface area contributed by atoms with Gasteiger partial charge in [-0.25, -0.2) is 0 Å². The molecule has 1 aliphatic carbocycles. The summed E-state index contributed by atoms with van der Waals surface area (Å²) in [6.07, 6.45) is 4.38. The quantitative estimate of drug-likeness (QED) is 0.688. The highest BCUT2D eigenvalue weighted by molar-refractivity contribution is 4.95. The molecule has 0 amide bonds. The fourth-order valence-corrected chi connectivity index (χ4v) is 3.92. The number of piperidine rings is 1. The molecule has 2 fully saturated rings. The maximum absolute atomic E-state index is 2.71. The van der Waals surface area contributed by atoms with Crippen molar-refractivity contribution in [3.63, 3.8) is 0 Å². The summed E-state index contributed by atoms with van der Waals surface area (Å²) in [5, 5.41) is 0. The van der Waals surface area contributed by atoms with Crippen molar-refractivity contribution in [3.05, 3.63) is 0 Å². The summed E-state index contributed by atoms with van der Waals surface area (Å²) in [7, 11) is 0. The van der Waals surface area contributed by atoms with E-state index in [9.17, 15) is 0 Å². The number of hydrogen-bond acceptors (Lipinski definition) is 1. The third-order valence-corrected chi connectivity index (χ3v) is 4.97. The van der Waals surface area contributed by atoms with Gasteiger partial charge in [0.05, 0.1) is 0 Å². The summed E-state index contributed by atoms with van der Waals surface area (Å²) in [4.78, 5) is 2.71. The Labute approximate surface area is 95.2 Å². The topological polar surface area (TPSA) is 3.24 Å². The molecular weight excluding hydrogens is 182 g/mol. The van der Waals surface area contributed by atoms with E-state index in [2.05, 4.69) is 32.6 Å². The average Bonchev–Trinajstić information content (AvgIpc) is 2.47. The fourth-order valence-electron chi connectivity index (χ4n) is 3.92. The number of rotatable bonds is 3. The van der Waals surface area contributed by atoms with Crippen molar-refractivity contribution in [1.82, 2.24) is 4.90 Å². The molecule has 0 aromatic heterocycles. The molecule has 15 heavy (non-hydrogen) atoms. The number of hydrogen-bond donors (Lipinski definition) is 0. The molecule has 1 heterocycles. The lowest BCUT2D eigenvalue weighted by molar-refractivity contribution is 0.0559. The maximum atomic E-state index is 2.71. The standard InChI is InChI=1S/C14H27N/c1-5-11(4)14-12-6-7-13(14)9-15(8-12)10(2)3/h10-14H,5-9H2,1-4H3/t11?,12-,13+,14?. The molecule has 1 nitrogen and oxygen atoms in total. The Bertz CT molecular complexity index is 197. The first kappa shape index (κ1) is 11.4. The molecule has 2 bridgehead atoms. The Morgan fingerprint density at radius 2 is 1.60 bits per heavy atom. The molecule has 0 aromatic rings. The second-order valence-electron chi connectivity index (χ2n) is 6.11. The SMILES string of the molecule is CCC(C)C1[C@@H]2CC[C@H]1CN(C(C)C)C2. The lowest BCUT2D eigenvalue weighted by Gasteiger charge is -2.42. The van der Waals surface area contributed by atoms with Crippen LogP contribution in [0.3, 0.4) is 0 Å². The lowest BCUT2D eigenvalue weighted by atomic mass is 9.75. The van der Waals surface area contributed by atoms with Gasteiger partial charge >= 0.3 is 0 Å². The van der Waals surface area contributed by atoms with Crippen molar-refractivity contribution in [2.75, 3.05) is 13.1 Å². The van der Waals surface area contributed by atoms with Crippen LogP contribution in [0.1, 0.15) is 47.0 Å². The highest BCUT2D eigenvalue weighted by atomic mass is 15.2. The van der Waals surface area contributed by atoms with E-state index < -0.39 is 0 Å². The smallest absolute Gasteiger partial charge is 0.00388 e. The summed E-state index contributed by atoms with van der Waals surface area (Å²) in [6, 6.07) is 0.756. The van der Waals surface area contributed by atoms with E-state index in [-0.39, 0.29) is 0 Å². The molecule has 1 heteroatoms. The second-order valence-corrected chi connectivity index (χ2v) is 6.11. The first-order valence-electron chi connectivity index (χ1n) is 6.87. The Morgan fingerprint density at radius 1 is 1.07 bits per heavy atom. The molecule has 88 valence electrons. The zero-order chi connectivity index (χ0) is 11.0. The van der Waals surface area contributed by atoms with Crippen LogP contribution in [0.25, 0.3) is 0 Å². The van der Waals surface area contributed by atoms with Crippen molar-refractivity contribution in [1.29, 1.82) is 0 Å². The minimum atomic E-state index is 0.756. The minimum absolute atomic E-state index is 0.756. The molecule has 0 spiro atoms. The molecule has 1 aliphatic heterocycles. The van der Waals surface area contributed by atoms with Crippen LogP contribution in [0, 0.1) is 23.7 Å². The molecule has 0 aromatic carbocycles. The van der Waals surface area contributed by atoms with Crippen LogP contribution < -0.4 is 0 Å². The molecule has 0 N–H and O–H groups in total. The molecular formula is C14H27N. The molecule has 4 atom stereocenters. The van der Waals surface area contributed by atoms with Crippen molar-refractivity contribution in [3.8, 4) is 0 Å². The summed E-state index contributed by atoms with van der Waals surface area (Å²) in [6.45, 7) is 12.3. The third kappa shape index (κ3) is 2.08. The van der Waals surface area contributed by atoms with Crippen LogP contribution in [0.5, 0.6) is 0 Å². The molecule has 0 radical (unpaired) electrons. The molecule has 1 saturated heterocycles. The van der Waals surface area contributed by atoms with Gasteiger partial charge in [0.25, 0.3) is 0 Å². The van der Waals surface area contributed by atoms with Gasteiger partial charge in [0.1, 0.15) is 0 Å². The fraction of sp³-hybridized carbons (Fsp3) is 1.00. The van der Waals surface area contributed by atoms with Crippen LogP contribution >= 0.6 is 0 Å². The number of likely N-dealkylation sites (tertiary alicyclic amines) is 1. The van der Waals surface area contributed by atoms with E-state index >= 15 is 0 Å². The molecule has 2 aliphatic rings. The van der Waals surface area contributed by atoms with Gasteiger partial charge < -0.3 is 4.90 Å². The summed E-state index contributed by atoms with van der Waals surface area (Å²) in [5.74, 6) is 4.03. The molecule has 1 saturated carbocycles. The molecule has 2 unspecified atom stereocenters. The van der Waals surface area contributed by atoms with Gasteiger partial charge in [0, 0.05) is 19.1 Å². The van der Waals surface area contributed by atoms with Crippen molar-refractivity contribution >= 4 is 0 Å². The van der Waals surface area contributed by atoms with Gasteiger partial charge in [0.2, 0.25) is 0 Å². The van der Waals surface area contributed by atoms with E-state index in [1.807, 2.05) is 0 Å². The van der Waals surface area contributed by atoms with Gasteiger partial charge in [-0.2, -0.15) is 0 Å². The maximum Gasteiger partial charge on any atom is 0.00388 e. The monoisotopic (exact) mass is 209 g/mol. The Hall–Kier alpha value is -0.0400.